The first-order valence-corrected chi connectivity index (χ1v) is 6.42. The van der Waals surface area contributed by atoms with Crippen molar-refractivity contribution in [1.29, 1.82) is 0 Å². The number of hydrogen-bond donors (Lipinski definition) is 1. The first-order valence-electron chi connectivity index (χ1n) is 5.22. The van der Waals surface area contributed by atoms with E-state index < -0.39 is 0 Å². The predicted molar refractivity (Wildman–Crippen MR) is 73.7 cm³/mol. The minimum Gasteiger partial charge on any atom is -0.397 e. The van der Waals surface area contributed by atoms with Crippen molar-refractivity contribution in [3.63, 3.8) is 0 Å². The first kappa shape index (κ1) is 12.3. The molecule has 0 radical (unpaired) electrons. The Morgan fingerprint density at radius 2 is 2.00 bits per heavy atom. The topological polar surface area (TPSA) is 38.9 Å². The SMILES string of the molecule is Cc1ccc(C)c(Sc2ncc(N)cc2Cl)c1. The van der Waals surface area contributed by atoms with Crippen LogP contribution >= 0.6 is 23.4 Å². The summed E-state index contributed by atoms with van der Waals surface area (Å²) in [4.78, 5) is 5.42. The van der Waals surface area contributed by atoms with Gasteiger partial charge >= 0.3 is 0 Å². The summed E-state index contributed by atoms with van der Waals surface area (Å²) >= 11 is 7.67. The Morgan fingerprint density at radius 3 is 2.71 bits per heavy atom. The normalized spacial score (nSPS) is 10.5. The van der Waals surface area contributed by atoms with Crippen LogP contribution in [0.4, 0.5) is 5.69 Å². The zero-order chi connectivity index (χ0) is 12.4. The van der Waals surface area contributed by atoms with Crippen molar-refractivity contribution in [1.82, 2.24) is 4.98 Å². The van der Waals surface area contributed by atoms with Crippen LogP contribution in [0.1, 0.15) is 11.1 Å². The third kappa shape index (κ3) is 2.93. The number of aromatic nitrogens is 1. The largest absolute Gasteiger partial charge is 0.397 e. The van der Waals surface area contributed by atoms with E-state index in [0.717, 1.165) is 5.03 Å². The van der Waals surface area contributed by atoms with E-state index in [9.17, 15) is 0 Å². The number of halogens is 1. The molecule has 0 aliphatic carbocycles. The van der Waals surface area contributed by atoms with E-state index in [1.165, 1.54) is 16.0 Å². The molecule has 0 unspecified atom stereocenters. The molecule has 0 saturated heterocycles. The van der Waals surface area contributed by atoms with Crippen LogP contribution in [0.15, 0.2) is 40.4 Å². The number of hydrogen-bond acceptors (Lipinski definition) is 3. The van der Waals surface area contributed by atoms with Crippen molar-refractivity contribution < 1.29 is 0 Å². The van der Waals surface area contributed by atoms with E-state index in [2.05, 4.69) is 37.0 Å². The van der Waals surface area contributed by atoms with Gasteiger partial charge in [0.25, 0.3) is 0 Å². The summed E-state index contributed by atoms with van der Waals surface area (Å²) < 4.78 is 0. The zero-order valence-corrected chi connectivity index (χ0v) is 11.3. The molecule has 0 spiro atoms. The molecule has 1 heterocycles. The zero-order valence-electron chi connectivity index (χ0n) is 9.70. The molecular weight excluding hydrogens is 252 g/mol. The molecule has 2 aromatic rings. The van der Waals surface area contributed by atoms with Gasteiger partial charge in [-0.1, -0.05) is 35.5 Å². The fourth-order valence-electron chi connectivity index (χ4n) is 1.44. The molecule has 0 amide bonds. The molecule has 0 saturated carbocycles. The Bertz CT molecular complexity index is 555. The molecule has 4 heteroatoms. The van der Waals surface area contributed by atoms with Gasteiger partial charge in [0.15, 0.2) is 0 Å². The average molecular weight is 265 g/mol. The molecule has 2 N–H and O–H groups in total. The Morgan fingerprint density at radius 1 is 1.24 bits per heavy atom. The number of pyridine rings is 1. The van der Waals surface area contributed by atoms with Crippen molar-refractivity contribution >= 4 is 29.1 Å². The maximum atomic E-state index is 6.11. The quantitative estimate of drug-likeness (QED) is 0.888. The highest BCUT2D eigenvalue weighted by Crippen LogP contribution is 2.34. The highest BCUT2D eigenvalue weighted by atomic mass is 35.5. The monoisotopic (exact) mass is 264 g/mol. The van der Waals surface area contributed by atoms with Gasteiger partial charge in [-0.3, -0.25) is 0 Å². The standard InChI is InChI=1S/C13H13ClN2S/c1-8-3-4-9(2)12(5-8)17-13-11(14)6-10(15)7-16-13/h3-7H,15H2,1-2H3. The van der Waals surface area contributed by atoms with Crippen molar-refractivity contribution in [2.75, 3.05) is 5.73 Å². The summed E-state index contributed by atoms with van der Waals surface area (Å²) in [7, 11) is 0. The molecule has 0 fully saturated rings. The van der Waals surface area contributed by atoms with Crippen LogP contribution in [-0.4, -0.2) is 4.98 Å². The molecule has 88 valence electrons. The summed E-state index contributed by atoms with van der Waals surface area (Å²) in [6.45, 7) is 4.15. The number of nitrogens with zero attached hydrogens (tertiary/aromatic N) is 1. The Hall–Kier alpha value is -1.19. The van der Waals surface area contributed by atoms with Crippen LogP contribution in [-0.2, 0) is 0 Å². The molecular formula is C13H13ClN2S. The second kappa shape index (κ2) is 4.98. The highest BCUT2D eigenvalue weighted by Gasteiger charge is 2.07. The molecule has 1 aromatic heterocycles. The van der Waals surface area contributed by atoms with E-state index in [4.69, 9.17) is 17.3 Å². The third-order valence-corrected chi connectivity index (χ3v) is 3.96. The lowest BCUT2D eigenvalue weighted by Gasteiger charge is -2.07. The van der Waals surface area contributed by atoms with Crippen molar-refractivity contribution in [2.45, 2.75) is 23.8 Å². The molecule has 2 nitrogen and oxygen atoms in total. The van der Waals surface area contributed by atoms with Gasteiger partial charge in [-0.15, -0.1) is 0 Å². The fourth-order valence-corrected chi connectivity index (χ4v) is 2.67. The second-order valence-corrected chi connectivity index (χ2v) is 5.36. The third-order valence-electron chi connectivity index (χ3n) is 2.38. The molecule has 0 atom stereocenters. The van der Waals surface area contributed by atoms with Gasteiger partial charge in [0.2, 0.25) is 0 Å². The van der Waals surface area contributed by atoms with Crippen LogP contribution in [0, 0.1) is 13.8 Å². The van der Waals surface area contributed by atoms with Crippen LogP contribution in [0.2, 0.25) is 5.02 Å². The summed E-state index contributed by atoms with van der Waals surface area (Å²) in [5.74, 6) is 0. The lowest BCUT2D eigenvalue weighted by atomic mass is 10.2. The van der Waals surface area contributed by atoms with Crippen LogP contribution in [0.25, 0.3) is 0 Å². The van der Waals surface area contributed by atoms with Crippen LogP contribution in [0.5, 0.6) is 0 Å². The Balaban J connectivity index is 2.34. The van der Waals surface area contributed by atoms with Gasteiger partial charge in [-0.05, 0) is 37.1 Å². The lowest BCUT2D eigenvalue weighted by Crippen LogP contribution is -1.89. The van der Waals surface area contributed by atoms with Gasteiger partial charge < -0.3 is 5.73 Å². The maximum Gasteiger partial charge on any atom is 0.120 e. The number of aryl methyl sites for hydroxylation is 2. The van der Waals surface area contributed by atoms with Crippen molar-refractivity contribution in [2.24, 2.45) is 0 Å². The summed E-state index contributed by atoms with van der Waals surface area (Å²) in [6.07, 6.45) is 1.62. The molecule has 0 aliphatic heterocycles. The van der Waals surface area contributed by atoms with E-state index in [1.54, 1.807) is 24.0 Å². The lowest BCUT2D eigenvalue weighted by molar-refractivity contribution is 1.13. The van der Waals surface area contributed by atoms with Gasteiger partial charge in [-0.2, -0.15) is 0 Å². The summed E-state index contributed by atoms with van der Waals surface area (Å²) in [6, 6.07) is 8.05. The number of nitrogens with two attached hydrogens (primary N) is 1. The van der Waals surface area contributed by atoms with Gasteiger partial charge in [-0.25, -0.2) is 4.98 Å². The van der Waals surface area contributed by atoms with Gasteiger partial charge in [0.1, 0.15) is 5.03 Å². The molecule has 0 aliphatic rings. The summed E-state index contributed by atoms with van der Waals surface area (Å²) in [5.41, 5.74) is 8.65. The van der Waals surface area contributed by atoms with Gasteiger partial charge in [0, 0.05) is 4.90 Å². The Kier molecular flexibility index (Phi) is 3.60. The predicted octanol–water partition coefficient (Wildman–Crippen LogP) is 4.09. The number of nitrogen functional groups attached to an aromatic ring is 1. The highest BCUT2D eigenvalue weighted by molar-refractivity contribution is 7.99. The van der Waals surface area contributed by atoms with Crippen LogP contribution in [0.3, 0.4) is 0 Å². The molecule has 1 aromatic carbocycles. The molecule has 0 bridgehead atoms. The molecule has 17 heavy (non-hydrogen) atoms. The summed E-state index contributed by atoms with van der Waals surface area (Å²) in [5, 5.41) is 1.38. The molecule has 2 rings (SSSR count). The second-order valence-electron chi connectivity index (χ2n) is 3.93. The van der Waals surface area contributed by atoms with E-state index in [1.807, 2.05) is 0 Å². The van der Waals surface area contributed by atoms with Gasteiger partial charge in [0.05, 0.1) is 16.9 Å². The van der Waals surface area contributed by atoms with Crippen molar-refractivity contribution in [3.8, 4) is 0 Å². The minimum atomic E-state index is 0.584. The minimum absolute atomic E-state index is 0.584. The fraction of sp³-hybridized carbons (Fsp3) is 0.154. The van der Waals surface area contributed by atoms with E-state index in [-0.39, 0.29) is 0 Å². The van der Waals surface area contributed by atoms with Crippen molar-refractivity contribution in [3.05, 3.63) is 46.6 Å². The maximum absolute atomic E-state index is 6.11. The smallest absolute Gasteiger partial charge is 0.120 e. The number of benzene rings is 1. The van der Waals surface area contributed by atoms with E-state index >= 15 is 0 Å². The number of anilines is 1. The Labute approximate surface area is 110 Å². The van der Waals surface area contributed by atoms with Crippen LogP contribution < -0.4 is 5.73 Å². The average Bonchev–Trinajstić information content (AvgIpc) is 2.27. The van der Waals surface area contributed by atoms with E-state index in [0.29, 0.717) is 10.7 Å². The number of rotatable bonds is 2. The first-order chi connectivity index (χ1) is 8.06.